The van der Waals surface area contributed by atoms with Crippen LogP contribution in [0.25, 0.3) is 0 Å². The molecule has 10 nitrogen and oxygen atoms in total. The highest BCUT2D eigenvalue weighted by Gasteiger charge is 2.42. The Morgan fingerprint density at radius 3 is 1.77 bits per heavy atom. The van der Waals surface area contributed by atoms with Crippen molar-refractivity contribution in [3.05, 3.63) is 138 Å². The van der Waals surface area contributed by atoms with Gasteiger partial charge in [-0.2, -0.15) is 0 Å². The zero-order valence-electron chi connectivity index (χ0n) is 26.6. The zero-order chi connectivity index (χ0) is 34.0. The average Bonchev–Trinajstić information content (AvgIpc) is 3.55. The summed E-state index contributed by atoms with van der Waals surface area (Å²) in [6.07, 6.45) is 0.651. The molecule has 10 heteroatoms. The molecule has 0 saturated carbocycles. The normalized spacial score (nSPS) is 17.6. The number of rotatable bonds is 13. The van der Waals surface area contributed by atoms with Gasteiger partial charge in [0.15, 0.2) is 0 Å². The maximum atomic E-state index is 14.1. The fourth-order valence-electron chi connectivity index (χ4n) is 6.18. The van der Waals surface area contributed by atoms with E-state index in [1.165, 1.54) is 0 Å². The number of nitrogens with two attached hydrogens (primary N) is 2. The van der Waals surface area contributed by atoms with Crippen molar-refractivity contribution in [2.45, 2.75) is 43.3 Å². The Morgan fingerprint density at radius 1 is 0.688 bits per heavy atom. The maximum Gasteiger partial charge on any atom is 0.243 e. The van der Waals surface area contributed by atoms with Gasteiger partial charge in [0.2, 0.25) is 23.6 Å². The number of likely N-dealkylation sites (tertiary alicyclic amines) is 1. The Kier molecular flexibility index (Phi) is 11.2. The molecule has 7 N–H and O–H groups in total. The van der Waals surface area contributed by atoms with Crippen LogP contribution in [-0.4, -0.2) is 64.9 Å². The van der Waals surface area contributed by atoms with Gasteiger partial charge >= 0.3 is 0 Å². The molecule has 0 aromatic heterocycles. The highest BCUT2D eigenvalue weighted by Crippen LogP contribution is 2.33. The van der Waals surface area contributed by atoms with Gasteiger partial charge in [-0.1, -0.05) is 103 Å². The van der Waals surface area contributed by atoms with Crippen molar-refractivity contribution in [2.75, 3.05) is 13.1 Å². The largest absolute Gasteiger partial charge is 0.508 e. The molecule has 4 aromatic carbocycles. The molecule has 5 atom stereocenters. The molecule has 248 valence electrons. The van der Waals surface area contributed by atoms with E-state index >= 15 is 0 Å². The van der Waals surface area contributed by atoms with Gasteiger partial charge < -0.3 is 32.1 Å². The molecule has 1 heterocycles. The average molecular weight is 648 g/mol. The fourth-order valence-corrected chi connectivity index (χ4v) is 6.18. The molecule has 0 radical (unpaired) electrons. The van der Waals surface area contributed by atoms with Crippen LogP contribution < -0.4 is 22.1 Å². The smallest absolute Gasteiger partial charge is 0.243 e. The van der Waals surface area contributed by atoms with Crippen LogP contribution in [0, 0.1) is 5.92 Å². The highest BCUT2D eigenvalue weighted by molar-refractivity contribution is 5.93. The minimum Gasteiger partial charge on any atom is -0.508 e. The predicted octanol–water partition coefficient (Wildman–Crippen LogP) is 2.44. The van der Waals surface area contributed by atoms with Crippen LogP contribution in [0.15, 0.2) is 115 Å². The van der Waals surface area contributed by atoms with E-state index in [1.54, 1.807) is 29.2 Å². The molecule has 1 aliphatic rings. The van der Waals surface area contributed by atoms with E-state index in [9.17, 15) is 24.3 Å². The molecule has 0 spiro atoms. The highest BCUT2D eigenvalue weighted by atomic mass is 16.3. The molecular weight excluding hydrogens is 606 g/mol. The Morgan fingerprint density at radius 2 is 1.21 bits per heavy atom. The van der Waals surface area contributed by atoms with Crippen LogP contribution in [-0.2, 0) is 38.4 Å². The standard InChI is InChI=1S/C38H41N5O5/c39-32(20-27-16-18-29(44)19-17-27)38(48)43-23-30(28-14-8-3-9-15-28)31(24-43)36(46)42-34(22-26-12-6-2-7-13-26)37(47)41-33(35(40)45)21-25-10-4-1-5-11-25/h1-19,30-34,44H,20-24,39H2,(H2,40,45)(H,41,47)(H,42,46)/t30-,31+,32+,33+,34+/m1/s1. The molecule has 0 aliphatic carbocycles. The van der Waals surface area contributed by atoms with Crippen molar-refractivity contribution in [1.29, 1.82) is 0 Å². The monoisotopic (exact) mass is 647 g/mol. The summed E-state index contributed by atoms with van der Waals surface area (Å²) in [7, 11) is 0. The number of carbonyl (C=O) groups excluding carboxylic acids is 4. The van der Waals surface area contributed by atoms with Crippen molar-refractivity contribution in [3.8, 4) is 5.75 Å². The van der Waals surface area contributed by atoms with Gasteiger partial charge in [-0.25, -0.2) is 0 Å². The molecule has 5 rings (SSSR count). The number of phenolic OH excluding ortho intramolecular Hbond substituents is 1. The fraction of sp³-hybridized carbons (Fsp3) is 0.263. The van der Waals surface area contributed by atoms with Crippen molar-refractivity contribution in [3.63, 3.8) is 0 Å². The van der Waals surface area contributed by atoms with Gasteiger partial charge in [0.1, 0.15) is 17.8 Å². The predicted molar refractivity (Wildman–Crippen MR) is 182 cm³/mol. The number of carbonyl (C=O) groups is 4. The van der Waals surface area contributed by atoms with Crippen molar-refractivity contribution in [2.24, 2.45) is 17.4 Å². The van der Waals surface area contributed by atoms with Gasteiger partial charge in [0.05, 0.1) is 12.0 Å². The number of benzene rings is 4. The molecule has 1 saturated heterocycles. The second-order valence-electron chi connectivity index (χ2n) is 12.2. The molecule has 1 fully saturated rings. The Balaban J connectivity index is 1.35. The Bertz CT molecular complexity index is 1690. The Labute approximate surface area is 280 Å². The van der Waals surface area contributed by atoms with E-state index in [0.717, 1.165) is 22.3 Å². The van der Waals surface area contributed by atoms with Crippen molar-refractivity contribution in [1.82, 2.24) is 15.5 Å². The van der Waals surface area contributed by atoms with E-state index < -0.39 is 35.9 Å². The second kappa shape index (κ2) is 15.9. The number of phenols is 1. The van der Waals surface area contributed by atoms with Gasteiger partial charge in [-0.3, -0.25) is 19.2 Å². The molecule has 4 amide bonds. The van der Waals surface area contributed by atoms with E-state index in [-0.39, 0.29) is 55.8 Å². The summed E-state index contributed by atoms with van der Waals surface area (Å²) >= 11 is 0. The third-order valence-corrected chi connectivity index (χ3v) is 8.76. The molecule has 0 unspecified atom stereocenters. The summed E-state index contributed by atoms with van der Waals surface area (Å²) in [5, 5.41) is 15.3. The lowest BCUT2D eigenvalue weighted by Crippen LogP contribution is -2.55. The number of nitrogens with one attached hydrogen (secondary N) is 2. The van der Waals surface area contributed by atoms with Crippen LogP contribution in [0.3, 0.4) is 0 Å². The topological polar surface area (TPSA) is 168 Å². The molecule has 4 aromatic rings. The van der Waals surface area contributed by atoms with E-state index in [1.807, 2.05) is 91.0 Å². The molecule has 0 bridgehead atoms. The summed E-state index contributed by atoms with van der Waals surface area (Å²) in [6.45, 7) is 0.395. The van der Waals surface area contributed by atoms with Gasteiger partial charge in [-0.15, -0.1) is 0 Å². The summed E-state index contributed by atoms with van der Waals surface area (Å²) < 4.78 is 0. The third kappa shape index (κ3) is 8.86. The number of primary amides is 1. The summed E-state index contributed by atoms with van der Waals surface area (Å²) in [5.41, 5.74) is 15.4. The lowest BCUT2D eigenvalue weighted by Gasteiger charge is -2.25. The molecule has 1 aliphatic heterocycles. The van der Waals surface area contributed by atoms with Gasteiger partial charge in [0, 0.05) is 31.8 Å². The number of aromatic hydroxyl groups is 1. The van der Waals surface area contributed by atoms with E-state index in [2.05, 4.69) is 10.6 Å². The van der Waals surface area contributed by atoms with Crippen LogP contribution in [0.2, 0.25) is 0 Å². The first kappa shape index (κ1) is 33.9. The lowest BCUT2D eigenvalue weighted by molar-refractivity contribution is -0.133. The van der Waals surface area contributed by atoms with Crippen molar-refractivity contribution < 1.29 is 24.3 Å². The Hall–Kier alpha value is -5.48. The van der Waals surface area contributed by atoms with Crippen molar-refractivity contribution >= 4 is 23.6 Å². The molecule has 48 heavy (non-hydrogen) atoms. The maximum absolute atomic E-state index is 14.1. The van der Waals surface area contributed by atoms with Crippen LogP contribution in [0.1, 0.15) is 28.2 Å². The summed E-state index contributed by atoms with van der Waals surface area (Å²) in [6, 6.07) is 31.7. The summed E-state index contributed by atoms with van der Waals surface area (Å²) in [4.78, 5) is 55.5. The zero-order valence-corrected chi connectivity index (χ0v) is 26.6. The number of nitrogens with zero attached hydrogens (tertiary/aromatic N) is 1. The van der Waals surface area contributed by atoms with Crippen LogP contribution in [0.4, 0.5) is 0 Å². The minimum atomic E-state index is -1.02. The first-order chi connectivity index (χ1) is 23.2. The SMILES string of the molecule is NC(=O)[C@H](Cc1ccccc1)NC(=O)[C@H](Cc1ccccc1)NC(=O)[C@H]1CN(C(=O)[C@@H](N)Cc2ccc(O)cc2)C[C@@H]1c1ccccc1. The second-order valence-corrected chi connectivity index (χ2v) is 12.2. The van der Waals surface area contributed by atoms with Crippen LogP contribution >= 0.6 is 0 Å². The third-order valence-electron chi connectivity index (χ3n) is 8.76. The number of hydrogen-bond donors (Lipinski definition) is 5. The van der Waals surface area contributed by atoms with E-state index in [4.69, 9.17) is 11.5 Å². The minimum absolute atomic E-state index is 0.116. The van der Waals surface area contributed by atoms with Gasteiger partial charge in [-0.05, 0) is 40.8 Å². The summed E-state index contributed by atoms with van der Waals surface area (Å²) in [5.74, 6) is -2.78. The van der Waals surface area contributed by atoms with Gasteiger partial charge in [0.25, 0.3) is 0 Å². The number of hydrogen-bond acceptors (Lipinski definition) is 6. The van der Waals surface area contributed by atoms with Crippen LogP contribution in [0.5, 0.6) is 5.75 Å². The first-order valence-corrected chi connectivity index (χ1v) is 16.0. The van der Waals surface area contributed by atoms with E-state index in [0.29, 0.717) is 0 Å². The quantitative estimate of drug-likeness (QED) is 0.149. The lowest BCUT2D eigenvalue weighted by atomic mass is 9.88. The molecular formula is C38H41N5O5. The first-order valence-electron chi connectivity index (χ1n) is 16.0. The number of amides is 4.